The molecule has 0 aliphatic rings. The SMILES string of the molecule is C=CC(=O)C(O)C[O]. The summed E-state index contributed by atoms with van der Waals surface area (Å²) in [6.45, 7) is 2.29. The molecule has 0 aromatic carbocycles. The molecule has 8 heavy (non-hydrogen) atoms. The summed E-state index contributed by atoms with van der Waals surface area (Å²) in [5, 5.41) is 18.1. The number of carbonyl (C=O) groups is 1. The molecule has 3 nitrogen and oxygen atoms in total. The summed E-state index contributed by atoms with van der Waals surface area (Å²) in [6.07, 6.45) is -0.463. The van der Waals surface area contributed by atoms with Gasteiger partial charge in [0, 0.05) is 0 Å². The van der Waals surface area contributed by atoms with Crippen LogP contribution in [0.5, 0.6) is 0 Å². The molecule has 0 saturated heterocycles. The number of rotatable bonds is 3. The van der Waals surface area contributed by atoms with Gasteiger partial charge >= 0.3 is 0 Å². The Morgan fingerprint density at radius 1 is 1.88 bits per heavy atom. The van der Waals surface area contributed by atoms with Crippen molar-refractivity contribution in [2.75, 3.05) is 6.61 Å². The van der Waals surface area contributed by atoms with Gasteiger partial charge in [0.1, 0.15) is 12.7 Å². The summed E-state index contributed by atoms with van der Waals surface area (Å²) >= 11 is 0. The minimum absolute atomic E-state index is 0.611. The van der Waals surface area contributed by atoms with Crippen LogP contribution in [-0.2, 0) is 9.90 Å². The molecule has 1 radical (unpaired) electrons. The summed E-state index contributed by atoms with van der Waals surface area (Å²) < 4.78 is 0. The molecule has 0 aliphatic carbocycles. The van der Waals surface area contributed by atoms with Crippen LogP contribution < -0.4 is 0 Å². The van der Waals surface area contributed by atoms with E-state index in [1.54, 1.807) is 0 Å². The fourth-order valence-electron chi connectivity index (χ4n) is 0.218. The molecule has 0 bridgehead atoms. The van der Waals surface area contributed by atoms with Gasteiger partial charge in [-0.15, -0.1) is 0 Å². The Hall–Kier alpha value is -0.670. The van der Waals surface area contributed by atoms with Gasteiger partial charge in [0.25, 0.3) is 0 Å². The zero-order chi connectivity index (χ0) is 6.57. The average molecular weight is 115 g/mol. The van der Waals surface area contributed by atoms with E-state index in [4.69, 9.17) is 5.11 Å². The average Bonchev–Trinajstić information content (AvgIpc) is 1.84. The number of aliphatic hydroxyl groups is 1. The van der Waals surface area contributed by atoms with Crippen LogP contribution in [0.25, 0.3) is 0 Å². The second-order valence-electron chi connectivity index (χ2n) is 1.29. The number of hydrogen-bond acceptors (Lipinski definition) is 2. The van der Waals surface area contributed by atoms with Crippen LogP contribution >= 0.6 is 0 Å². The second kappa shape index (κ2) is 3.35. The first-order valence-corrected chi connectivity index (χ1v) is 2.14. The molecule has 0 aromatic rings. The topological polar surface area (TPSA) is 57.2 Å². The van der Waals surface area contributed by atoms with Crippen LogP contribution in [0.2, 0.25) is 0 Å². The first kappa shape index (κ1) is 7.33. The van der Waals surface area contributed by atoms with Crippen molar-refractivity contribution >= 4 is 5.78 Å². The van der Waals surface area contributed by atoms with E-state index < -0.39 is 18.5 Å². The van der Waals surface area contributed by atoms with Crippen molar-refractivity contribution in [3.8, 4) is 0 Å². The summed E-state index contributed by atoms with van der Waals surface area (Å²) in [5.41, 5.74) is 0. The van der Waals surface area contributed by atoms with E-state index >= 15 is 0 Å². The first-order valence-electron chi connectivity index (χ1n) is 2.14. The molecular weight excluding hydrogens is 108 g/mol. The Morgan fingerprint density at radius 3 is 2.50 bits per heavy atom. The van der Waals surface area contributed by atoms with Crippen molar-refractivity contribution in [3.05, 3.63) is 12.7 Å². The van der Waals surface area contributed by atoms with Crippen LogP contribution in [0.15, 0.2) is 12.7 Å². The zero-order valence-electron chi connectivity index (χ0n) is 4.33. The summed E-state index contributed by atoms with van der Waals surface area (Å²) in [6, 6.07) is 0. The minimum Gasteiger partial charge on any atom is -0.382 e. The van der Waals surface area contributed by atoms with E-state index in [1.165, 1.54) is 0 Å². The van der Waals surface area contributed by atoms with E-state index in [9.17, 15) is 9.90 Å². The van der Waals surface area contributed by atoms with Gasteiger partial charge in [0.15, 0.2) is 5.78 Å². The van der Waals surface area contributed by atoms with Gasteiger partial charge < -0.3 is 5.11 Å². The molecule has 0 saturated carbocycles. The monoisotopic (exact) mass is 115 g/mol. The maximum Gasteiger partial charge on any atom is 0.186 e. The molecule has 1 atom stereocenters. The highest BCUT2D eigenvalue weighted by molar-refractivity contribution is 5.92. The number of carbonyl (C=O) groups excluding carboxylic acids is 1. The molecule has 0 heterocycles. The number of ketones is 1. The van der Waals surface area contributed by atoms with Crippen molar-refractivity contribution in [1.82, 2.24) is 0 Å². The maximum atomic E-state index is 10.2. The fraction of sp³-hybridized carbons (Fsp3) is 0.400. The smallest absolute Gasteiger partial charge is 0.186 e. The summed E-state index contributed by atoms with van der Waals surface area (Å²) in [7, 11) is 0. The van der Waals surface area contributed by atoms with E-state index in [-0.39, 0.29) is 0 Å². The van der Waals surface area contributed by atoms with Crippen LogP contribution in [0, 0.1) is 0 Å². The van der Waals surface area contributed by atoms with Crippen molar-refractivity contribution in [2.24, 2.45) is 0 Å². The van der Waals surface area contributed by atoms with Crippen LogP contribution in [-0.4, -0.2) is 23.6 Å². The quantitative estimate of drug-likeness (QED) is 0.505. The summed E-state index contributed by atoms with van der Waals surface area (Å²) in [5.74, 6) is -0.611. The highest BCUT2D eigenvalue weighted by Crippen LogP contribution is 1.83. The van der Waals surface area contributed by atoms with Gasteiger partial charge in [-0.3, -0.25) is 4.79 Å². The molecule has 0 aromatic heterocycles. The molecule has 0 spiro atoms. The molecule has 0 fully saturated rings. The number of aliphatic hydroxyl groups excluding tert-OH is 1. The van der Waals surface area contributed by atoms with Crippen molar-refractivity contribution in [1.29, 1.82) is 0 Å². The molecule has 0 rings (SSSR count). The predicted molar refractivity (Wildman–Crippen MR) is 26.8 cm³/mol. The molecular formula is C5H7O3. The van der Waals surface area contributed by atoms with E-state index in [2.05, 4.69) is 6.58 Å². The van der Waals surface area contributed by atoms with Crippen molar-refractivity contribution < 1.29 is 15.0 Å². The Bertz CT molecular complexity index is 97.8. The molecule has 0 aliphatic heterocycles. The third kappa shape index (κ3) is 1.86. The molecule has 1 unspecified atom stereocenters. The Morgan fingerprint density at radius 2 is 2.38 bits per heavy atom. The minimum atomic E-state index is -1.40. The standard InChI is InChI=1S/C5H7O3/c1-2-4(7)5(8)3-6/h2,5,8H,1,3H2. The molecule has 1 N–H and O–H groups in total. The largest absolute Gasteiger partial charge is 0.382 e. The third-order valence-corrected chi connectivity index (χ3v) is 0.687. The lowest BCUT2D eigenvalue weighted by atomic mass is 10.2. The van der Waals surface area contributed by atoms with Crippen LogP contribution in [0.3, 0.4) is 0 Å². The van der Waals surface area contributed by atoms with Gasteiger partial charge in [0.05, 0.1) is 0 Å². The zero-order valence-corrected chi connectivity index (χ0v) is 4.33. The Labute approximate surface area is 47.3 Å². The lowest BCUT2D eigenvalue weighted by molar-refractivity contribution is -0.125. The third-order valence-electron chi connectivity index (χ3n) is 0.687. The Balaban J connectivity index is 3.62. The molecule has 3 heteroatoms. The predicted octanol–water partition coefficient (Wildman–Crippen LogP) is -0.467. The van der Waals surface area contributed by atoms with Crippen LogP contribution in [0.4, 0.5) is 0 Å². The second-order valence-corrected chi connectivity index (χ2v) is 1.29. The normalized spacial score (nSPS) is 12.8. The van der Waals surface area contributed by atoms with E-state index in [0.29, 0.717) is 0 Å². The lowest BCUT2D eigenvalue weighted by Gasteiger charge is -1.96. The van der Waals surface area contributed by atoms with E-state index in [1.807, 2.05) is 0 Å². The van der Waals surface area contributed by atoms with E-state index in [0.717, 1.165) is 6.08 Å². The molecule has 0 amide bonds. The highest BCUT2D eigenvalue weighted by Gasteiger charge is 2.08. The maximum absolute atomic E-state index is 10.2. The molecule has 45 valence electrons. The van der Waals surface area contributed by atoms with Crippen LogP contribution in [0.1, 0.15) is 0 Å². The Kier molecular flexibility index (Phi) is 3.07. The van der Waals surface area contributed by atoms with Crippen molar-refractivity contribution in [3.63, 3.8) is 0 Å². The van der Waals surface area contributed by atoms with Gasteiger partial charge in [-0.25, -0.2) is 5.11 Å². The van der Waals surface area contributed by atoms with Gasteiger partial charge in [-0.2, -0.15) is 0 Å². The fourth-order valence-corrected chi connectivity index (χ4v) is 0.218. The number of hydrogen-bond donors (Lipinski definition) is 1. The van der Waals surface area contributed by atoms with Gasteiger partial charge in [0.2, 0.25) is 0 Å². The summed E-state index contributed by atoms with van der Waals surface area (Å²) in [4.78, 5) is 10.2. The first-order chi connectivity index (χ1) is 3.72. The highest BCUT2D eigenvalue weighted by atomic mass is 16.3. The lowest BCUT2D eigenvalue weighted by Crippen LogP contribution is -2.20. The van der Waals surface area contributed by atoms with Gasteiger partial charge in [-0.05, 0) is 6.08 Å². The van der Waals surface area contributed by atoms with Crippen molar-refractivity contribution in [2.45, 2.75) is 6.10 Å². The van der Waals surface area contributed by atoms with Gasteiger partial charge in [-0.1, -0.05) is 6.58 Å².